The van der Waals surface area contributed by atoms with E-state index in [4.69, 9.17) is 0 Å². The van der Waals surface area contributed by atoms with E-state index in [9.17, 15) is 9.18 Å². The average Bonchev–Trinajstić information content (AvgIpc) is 2.85. The molecule has 3 saturated heterocycles. The first-order valence-corrected chi connectivity index (χ1v) is 9.05. The van der Waals surface area contributed by atoms with Gasteiger partial charge in [0, 0.05) is 25.2 Å². The molecule has 124 valence electrons. The summed E-state index contributed by atoms with van der Waals surface area (Å²) in [6, 6.07) is 7.97. The van der Waals surface area contributed by atoms with Crippen LogP contribution in [0.1, 0.15) is 56.4 Å². The molecule has 3 aliphatic rings. The fourth-order valence-corrected chi connectivity index (χ4v) is 4.74. The number of hydrogen-bond donors (Lipinski definition) is 0. The molecule has 0 aliphatic carbocycles. The smallest absolute Gasteiger partial charge is 0.320 e. The Bertz CT molecular complexity index is 553. The number of amides is 2. The zero-order chi connectivity index (χ0) is 15.8. The van der Waals surface area contributed by atoms with Gasteiger partial charge >= 0.3 is 6.03 Å². The normalized spacial score (nSPS) is 30.6. The molecule has 4 rings (SSSR count). The summed E-state index contributed by atoms with van der Waals surface area (Å²) in [4.78, 5) is 17.2. The molecule has 4 heteroatoms. The predicted molar refractivity (Wildman–Crippen MR) is 87.8 cm³/mol. The quantitative estimate of drug-likeness (QED) is 0.764. The Balaban J connectivity index is 1.47. The van der Waals surface area contributed by atoms with E-state index in [1.807, 2.05) is 12.1 Å². The Morgan fingerprint density at radius 2 is 1.57 bits per heavy atom. The summed E-state index contributed by atoms with van der Waals surface area (Å²) in [5.74, 6) is 0.299. The molecule has 2 atom stereocenters. The number of benzene rings is 1. The van der Waals surface area contributed by atoms with Gasteiger partial charge < -0.3 is 9.80 Å². The molecule has 0 saturated carbocycles. The maximum atomic E-state index is 13.1. The van der Waals surface area contributed by atoms with Gasteiger partial charge in [-0.1, -0.05) is 12.1 Å². The van der Waals surface area contributed by atoms with Crippen molar-refractivity contribution in [1.29, 1.82) is 0 Å². The number of fused-ring (bicyclic) bond motifs is 2. The standard InChI is InChI=1S/C19H25FN2O/c20-16-6-4-14(5-7-16)15-12-17-8-9-18(13-15)22(17)19(23)21-10-2-1-3-11-21/h4-7,15,17-18H,1-3,8-13H2/t17-,18-/m1/s1. The van der Waals surface area contributed by atoms with Crippen LogP contribution in [0.5, 0.6) is 0 Å². The van der Waals surface area contributed by atoms with Gasteiger partial charge in [0.1, 0.15) is 5.82 Å². The fraction of sp³-hybridized carbons (Fsp3) is 0.632. The van der Waals surface area contributed by atoms with Crippen molar-refractivity contribution in [2.75, 3.05) is 13.1 Å². The lowest BCUT2D eigenvalue weighted by atomic mass is 9.85. The Kier molecular flexibility index (Phi) is 4.00. The number of hydrogen-bond acceptors (Lipinski definition) is 1. The van der Waals surface area contributed by atoms with Gasteiger partial charge in [-0.2, -0.15) is 0 Å². The molecule has 3 fully saturated rings. The van der Waals surface area contributed by atoms with Crippen LogP contribution in [0.2, 0.25) is 0 Å². The number of piperidine rings is 2. The number of urea groups is 1. The molecule has 2 bridgehead atoms. The Labute approximate surface area is 137 Å². The number of halogens is 1. The van der Waals surface area contributed by atoms with Crippen molar-refractivity contribution in [3.05, 3.63) is 35.6 Å². The summed E-state index contributed by atoms with van der Waals surface area (Å²) in [6.45, 7) is 1.85. The van der Waals surface area contributed by atoms with Gasteiger partial charge in [0.05, 0.1) is 0 Å². The first kappa shape index (κ1) is 15.0. The van der Waals surface area contributed by atoms with E-state index >= 15 is 0 Å². The molecule has 1 aromatic rings. The van der Waals surface area contributed by atoms with Gasteiger partial charge in [-0.3, -0.25) is 0 Å². The van der Waals surface area contributed by atoms with E-state index in [2.05, 4.69) is 9.80 Å². The highest BCUT2D eigenvalue weighted by atomic mass is 19.1. The molecule has 0 aromatic heterocycles. The van der Waals surface area contributed by atoms with Crippen molar-refractivity contribution in [1.82, 2.24) is 9.80 Å². The van der Waals surface area contributed by atoms with Crippen LogP contribution < -0.4 is 0 Å². The number of carbonyl (C=O) groups excluding carboxylic acids is 1. The zero-order valence-corrected chi connectivity index (χ0v) is 13.6. The zero-order valence-electron chi connectivity index (χ0n) is 13.6. The molecule has 23 heavy (non-hydrogen) atoms. The van der Waals surface area contributed by atoms with Crippen LogP contribution in [0.25, 0.3) is 0 Å². The van der Waals surface area contributed by atoms with Gasteiger partial charge in [-0.25, -0.2) is 9.18 Å². The molecule has 2 amide bonds. The molecular formula is C19H25FN2O. The summed E-state index contributed by atoms with van der Waals surface area (Å²) in [7, 11) is 0. The van der Waals surface area contributed by atoms with Crippen molar-refractivity contribution in [3.8, 4) is 0 Å². The highest BCUT2D eigenvalue weighted by Crippen LogP contribution is 2.43. The lowest BCUT2D eigenvalue weighted by Crippen LogP contribution is -2.53. The van der Waals surface area contributed by atoms with Crippen LogP contribution in [0, 0.1) is 5.82 Å². The Hall–Kier alpha value is -1.58. The number of rotatable bonds is 1. The summed E-state index contributed by atoms with van der Waals surface area (Å²) >= 11 is 0. The van der Waals surface area contributed by atoms with Crippen LogP contribution in [-0.2, 0) is 0 Å². The van der Waals surface area contributed by atoms with Crippen molar-refractivity contribution < 1.29 is 9.18 Å². The van der Waals surface area contributed by atoms with Crippen LogP contribution >= 0.6 is 0 Å². The topological polar surface area (TPSA) is 23.6 Å². The van der Waals surface area contributed by atoms with Gasteiger partial charge in [0.25, 0.3) is 0 Å². The maximum absolute atomic E-state index is 13.1. The Morgan fingerprint density at radius 3 is 2.17 bits per heavy atom. The van der Waals surface area contributed by atoms with Crippen molar-refractivity contribution in [3.63, 3.8) is 0 Å². The second-order valence-corrected chi connectivity index (χ2v) is 7.34. The Morgan fingerprint density at radius 1 is 0.957 bits per heavy atom. The van der Waals surface area contributed by atoms with Crippen LogP contribution in [0.3, 0.4) is 0 Å². The number of nitrogens with zero attached hydrogens (tertiary/aromatic N) is 2. The summed E-state index contributed by atoms with van der Waals surface area (Å²) in [5.41, 5.74) is 1.23. The van der Waals surface area contributed by atoms with Crippen LogP contribution in [0.4, 0.5) is 9.18 Å². The molecule has 3 nitrogen and oxygen atoms in total. The summed E-state index contributed by atoms with van der Waals surface area (Å²) < 4.78 is 13.1. The van der Waals surface area contributed by atoms with E-state index in [1.165, 1.54) is 12.0 Å². The third-order valence-corrected chi connectivity index (χ3v) is 5.92. The minimum atomic E-state index is -0.172. The van der Waals surface area contributed by atoms with E-state index in [-0.39, 0.29) is 11.8 Å². The first-order valence-electron chi connectivity index (χ1n) is 9.05. The highest BCUT2D eigenvalue weighted by molar-refractivity contribution is 5.76. The van der Waals surface area contributed by atoms with Gasteiger partial charge in [0.15, 0.2) is 0 Å². The third kappa shape index (κ3) is 2.84. The van der Waals surface area contributed by atoms with Gasteiger partial charge in [0.2, 0.25) is 0 Å². The number of carbonyl (C=O) groups is 1. The molecule has 3 aliphatic heterocycles. The van der Waals surface area contributed by atoms with Crippen LogP contribution in [-0.4, -0.2) is 41.0 Å². The first-order chi connectivity index (χ1) is 11.2. The largest absolute Gasteiger partial charge is 0.325 e. The highest BCUT2D eigenvalue weighted by Gasteiger charge is 2.44. The lowest BCUT2D eigenvalue weighted by molar-refractivity contribution is 0.0991. The molecule has 1 aromatic carbocycles. The van der Waals surface area contributed by atoms with Crippen molar-refractivity contribution in [2.24, 2.45) is 0 Å². The lowest BCUT2D eigenvalue weighted by Gasteiger charge is -2.42. The summed E-state index contributed by atoms with van der Waals surface area (Å²) in [5, 5.41) is 0. The minimum absolute atomic E-state index is 0.172. The molecule has 0 radical (unpaired) electrons. The molecule has 0 unspecified atom stereocenters. The molecule has 0 spiro atoms. The van der Waals surface area contributed by atoms with Crippen LogP contribution in [0.15, 0.2) is 24.3 Å². The second-order valence-electron chi connectivity index (χ2n) is 7.34. The molecule has 3 heterocycles. The van der Waals surface area contributed by atoms with E-state index in [0.717, 1.165) is 51.6 Å². The summed E-state index contributed by atoms with van der Waals surface area (Å²) in [6.07, 6.45) is 7.86. The molecule has 0 N–H and O–H groups in total. The van der Waals surface area contributed by atoms with E-state index < -0.39 is 0 Å². The third-order valence-electron chi connectivity index (χ3n) is 5.92. The second kappa shape index (κ2) is 6.14. The maximum Gasteiger partial charge on any atom is 0.320 e. The average molecular weight is 316 g/mol. The number of likely N-dealkylation sites (tertiary alicyclic amines) is 1. The van der Waals surface area contributed by atoms with E-state index in [1.54, 1.807) is 12.1 Å². The van der Waals surface area contributed by atoms with Gasteiger partial charge in [-0.05, 0) is 68.6 Å². The molecular weight excluding hydrogens is 291 g/mol. The minimum Gasteiger partial charge on any atom is -0.325 e. The fourth-order valence-electron chi connectivity index (χ4n) is 4.74. The van der Waals surface area contributed by atoms with Gasteiger partial charge in [-0.15, -0.1) is 0 Å². The monoisotopic (exact) mass is 316 g/mol. The van der Waals surface area contributed by atoms with E-state index in [0.29, 0.717) is 18.0 Å². The van der Waals surface area contributed by atoms with Crippen molar-refractivity contribution in [2.45, 2.75) is 62.9 Å². The SMILES string of the molecule is O=C(N1CCCCC1)N1[C@@H]2CC[C@@H]1CC(c1ccc(F)cc1)C2. The van der Waals surface area contributed by atoms with Crippen molar-refractivity contribution >= 4 is 6.03 Å². The predicted octanol–water partition coefficient (Wildman–Crippen LogP) is 4.14.